The molecule has 0 fully saturated rings. The van der Waals surface area contributed by atoms with Crippen LogP contribution < -0.4 is 15.4 Å². The zero-order valence-electron chi connectivity index (χ0n) is 12.1. The lowest BCUT2D eigenvalue weighted by Gasteiger charge is -2.13. The summed E-state index contributed by atoms with van der Waals surface area (Å²) in [6, 6.07) is 7.78. The van der Waals surface area contributed by atoms with Crippen LogP contribution >= 0.6 is 39.7 Å². The fourth-order valence-corrected chi connectivity index (χ4v) is 2.56. The minimum absolute atomic E-state index is 0.491. The van der Waals surface area contributed by atoms with Crippen LogP contribution in [0.4, 0.5) is 5.82 Å². The van der Waals surface area contributed by atoms with Gasteiger partial charge in [0, 0.05) is 12.7 Å². The Labute approximate surface area is 148 Å². The zero-order chi connectivity index (χ0) is 16.1. The molecule has 0 saturated heterocycles. The third-order valence-electron chi connectivity index (χ3n) is 3.05. The Bertz CT molecular complexity index is 679. The van der Waals surface area contributed by atoms with Crippen LogP contribution in [0.5, 0.6) is 5.75 Å². The summed E-state index contributed by atoms with van der Waals surface area (Å²) in [7, 11) is 1.64. The first kappa shape index (κ1) is 17.0. The maximum absolute atomic E-state index is 6.01. The Balaban J connectivity index is 1.94. The van der Waals surface area contributed by atoms with Gasteiger partial charge >= 0.3 is 0 Å². The number of aromatic nitrogens is 1. The second-order valence-corrected chi connectivity index (χ2v) is 6.16. The van der Waals surface area contributed by atoms with E-state index < -0.39 is 0 Å². The fraction of sp³-hybridized carbons (Fsp3) is 0.200. The molecule has 0 aliphatic carbocycles. The lowest BCUT2D eigenvalue weighted by Crippen LogP contribution is -2.28. The van der Waals surface area contributed by atoms with Gasteiger partial charge in [-0.15, -0.1) is 0 Å². The van der Waals surface area contributed by atoms with Gasteiger partial charge in [0.15, 0.2) is 5.11 Å². The number of halogens is 2. The quantitative estimate of drug-likeness (QED) is 0.749. The van der Waals surface area contributed by atoms with Crippen LogP contribution in [0.2, 0.25) is 5.02 Å². The maximum atomic E-state index is 6.01. The molecule has 0 aliphatic heterocycles. The number of thiocarbonyl (C=S) groups is 1. The topological polar surface area (TPSA) is 46.2 Å². The smallest absolute Gasteiger partial charge is 0.172 e. The van der Waals surface area contributed by atoms with Crippen molar-refractivity contribution < 1.29 is 4.74 Å². The third-order valence-corrected chi connectivity index (χ3v) is 4.64. The average Bonchev–Trinajstić information content (AvgIpc) is 2.54. The predicted octanol–water partition coefficient (Wildman–Crippen LogP) is 4.30. The van der Waals surface area contributed by atoms with Gasteiger partial charge in [0.1, 0.15) is 11.6 Å². The summed E-state index contributed by atoms with van der Waals surface area (Å²) >= 11 is 14.7. The number of nitrogens with one attached hydrogen (secondary N) is 2. The highest BCUT2D eigenvalue weighted by Gasteiger charge is 2.09. The highest BCUT2D eigenvalue weighted by atomic mass is 79.9. The number of benzene rings is 1. The molecule has 0 aliphatic rings. The van der Waals surface area contributed by atoms with Crippen molar-refractivity contribution in [3.63, 3.8) is 0 Å². The average molecular weight is 401 g/mol. The fourth-order valence-electron chi connectivity index (χ4n) is 1.72. The van der Waals surface area contributed by atoms with Crippen LogP contribution in [0.3, 0.4) is 0 Å². The molecule has 0 bridgehead atoms. The van der Waals surface area contributed by atoms with Crippen molar-refractivity contribution in [2.45, 2.75) is 13.5 Å². The molecule has 1 heterocycles. The van der Waals surface area contributed by atoms with Crippen LogP contribution in [-0.4, -0.2) is 17.2 Å². The van der Waals surface area contributed by atoms with Crippen molar-refractivity contribution >= 4 is 50.7 Å². The Morgan fingerprint density at radius 1 is 1.36 bits per heavy atom. The summed E-state index contributed by atoms with van der Waals surface area (Å²) in [5, 5.41) is 7.28. The summed E-state index contributed by atoms with van der Waals surface area (Å²) in [4.78, 5) is 4.22. The Kier molecular flexibility index (Phi) is 5.99. The van der Waals surface area contributed by atoms with E-state index in [-0.39, 0.29) is 0 Å². The van der Waals surface area contributed by atoms with E-state index in [2.05, 4.69) is 31.5 Å². The minimum Gasteiger partial charge on any atom is -0.497 e. The molecule has 1 aromatic heterocycles. The number of methoxy groups -OCH3 is 1. The number of hydrogen-bond donors (Lipinski definition) is 2. The summed E-state index contributed by atoms with van der Waals surface area (Å²) < 4.78 is 5.92. The van der Waals surface area contributed by atoms with Gasteiger partial charge in [-0.1, -0.05) is 23.7 Å². The molecule has 116 valence electrons. The van der Waals surface area contributed by atoms with Crippen molar-refractivity contribution in [2.24, 2.45) is 0 Å². The number of nitrogens with zero attached hydrogens (tertiary/aromatic N) is 1. The van der Waals surface area contributed by atoms with Crippen molar-refractivity contribution in [1.82, 2.24) is 10.3 Å². The van der Waals surface area contributed by atoms with Crippen molar-refractivity contribution in [1.29, 1.82) is 0 Å². The molecule has 7 heteroatoms. The number of pyridine rings is 1. The van der Waals surface area contributed by atoms with E-state index in [1.165, 1.54) is 0 Å². The largest absolute Gasteiger partial charge is 0.497 e. The van der Waals surface area contributed by atoms with Gasteiger partial charge in [-0.3, -0.25) is 0 Å². The molecule has 2 rings (SSSR count). The molecule has 2 aromatic rings. The van der Waals surface area contributed by atoms with E-state index in [0.29, 0.717) is 22.5 Å². The van der Waals surface area contributed by atoms with E-state index in [9.17, 15) is 0 Å². The first-order chi connectivity index (χ1) is 10.5. The van der Waals surface area contributed by atoms with Gasteiger partial charge in [-0.2, -0.15) is 0 Å². The number of rotatable bonds is 4. The van der Waals surface area contributed by atoms with E-state index in [0.717, 1.165) is 21.3 Å². The molecule has 0 atom stereocenters. The molecule has 0 spiro atoms. The maximum Gasteiger partial charge on any atom is 0.172 e. The van der Waals surface area contributed by atoms with Gasteiger partial charge in [0.25, 0.3) is 0 Å². The van der Waals surface area contributed by atoms with E-state index in [4.69, 9.17) is 28.6 Å². The van der Waals surface area contributed by atoms with Crippen molar-refractivity contribution in [2.75, 3.05) is 12.4 Å². The lowest BCUT2D eigenvalue weighted by molar-refractivity contribution is 0.414. The number of anilines is 1. The van der Waals surface area contributed by atoms with Crippen LogP contribution in [0.15, 0.2) is 34.9 Å². The molecule has 0 unspecified atom stereocenters. The Morgan fingerprint density at radius 2 is 2.05 bits per heavy atom. The standard InChI is InChI=1S/C15H15BrClN3OS/c1-9-12(17)8-18-14(13(9)16)20-15(22)19-7-10-3-5-11(21-2)6-4-10/h3-6,8H,7H2,1-2H3,(H2,18,19,20,22). The normalized spacial score (nSPS) is 10.2. The first-order valence-corrected chi connectivity index (χ1v) is 8.07. The first-order valence-electron chi connectivity index (χ1n) is 6.49. The van der Waals surface area contributed by atoms with Gasteiger partial charge in [0.2, 0.25) is 0 Å². The van der Waals surface area contributed by atoms with E-state index in [1.54, 1.807) is 13.3 Å². The molecule has 22 heavy (non-hydrogen) atoms. The van der Waals surface area contributed by atoms with Gasteiger partial charge in [-0.05, 0) is 58.3 Å². The van der Waals surface area contributed by atoms with Gasteiger partial charge < -0.3 is 15.4 Å². The number of hydrogen-bond acceptors (Lipinski definition) is 3. The van der Waals surface area contributed by atoms with Crippen LogP contribution in [0.1, 0.15) is 11.1 Å². The Hall–Kier alpha value is -1.37. The monoisotopic (exact) mass is 399 g/mol. The predicted molar refractivity (Wildman–Crippen MR) is 97.7 cm³/mol. The second kappa shape index (κ2) is 7.76. The third kappa shape index (κ3) is 4.32. The minimum atomic E-state index is 0.491. The van der Waals surface area contributed by atoms with Crippen LogP contribution in [0.25, 0.3) is 0 Å². The summed E-state index contributed by atoms with van der Waals surface area (Å²) in [6.45, 7) is 2.52. The highest BCUT2D eigenvalue weighted by Crippen LogP contribution is 2.28. The van der Waals surface area contributed by atoms with E-state index in [1.807, 2.05) is 31.2 Å². The molecule has 0 amide bonds. The summed E-state index contributed by atoms with van der Waals surface area (Å²) in [5.74, 6) is 1.46. The molecule has 2 N–H and O–H groups in total. The highest BCUT2D eigenvalue weighted by molar-refractivity contribution is 9.10. The number of ether oxygens (including phenoxy) is 1. The Morgan fingerprint density at radius 3 is 2.68 bits per heavy atom. The summed E-state index contributed by atoms with van der Waals surface area (Å²) in [5.41, 5.74) is 2.02. The van der Waals surface area contributed by atoms with Gasteiger partial charge in [-0.25, -0.2) is 4.98 Å². The second-order valence-electron chi connectivity index (χ2n) is 4.55. The van der Waals surface area contributed by atoms with Crippen molar-refractivity contribution in [3.8, 4) is 5.75 Å². The molecule has 1 aromatic carbocycles. The molecular weight excluding hydrogens is 386 g/mol. The van der Waals surface area contributed by atoms with Gasteiger partial charge in [0.05, 0.1) is 16.6 Å². The lowest BCUT2D eigenvalue weighted by atomic mass is 10.2. The summed E-state index contributed by atoms with van der Waals surface area (Å²) in [6.07, 6.45) is 1.59. The van der Waals surface area contributed by atoms with Crippen molar-refractivity contribution in [3.05, 3.63) is 51.1 Å². The zero-order valence-corrected chi connectivity index (χ0v) is 15.3. The van der Waals surface area contributed by atoms with Crippen LogP contribution in [0, 0.1) is 6.92 Å². The molecule has 4 nitrogen and oxygen atoms in total. The van der Waals surface area contributed by atoms with Crippen LogP contribution in [-0.2, 0) is 6.54 Å². The molecule has 0 radical (unpaired) electrons. The SMILES string of the molecule is COc1ccc(CNC(=S)Nc2ncc(Cl)c(C)c2Br)cc1. The molecular formula is C15H15BrClN3OS. The van der Waals surface area contributed by atoms with E-state index >= 15 is 0 Å². The molecule has 0 saturated carbocycles.